The topological polar surface area (TPSA) is 54.8 Å². The van der Waals surface area contributed by atoms with Crippen molar-refractivity contribution >= 4 is 28.6 Å². The molecule has 2 heterocycles. The van der Waals surface area contributed by atoms with E-state index in [1.165, 1.54) is 0 Å². The fraction of sp³-hybridized carbons (Fsp3) is 0.317. The Morgan fingerprint density at radius 3 is 2.47 bits per heavy atom. The van der Waals surface area contributed by atoms with Crippen LogP contribution in [0, 0.1) is 18.6 Å². The number of rotatable bonds is 12. The zero-order chi connectivity index (χ0) is 62.2. The number of aromatic nitrogens is 1. The maximum atomic E-state index is 15.7. The monoisotopic (exact) mass is 777 g/mol. The predicted molar refractivity (Wildman–Crippen MR) is 198 cm³/mol. The number of para-hydroxylation sites is 1. The highest BCUT2D eigenvalue weighted by Gasteiger charge is 2.32. The number of ether oxygens (including phenoxy) is 1. The number of fused-ring (bicyclic) bond motifs is 1. The average Bonchev–Trinajstić information content (AvgIpc) is 3.10. The first-order valence-electron chi connectivity index (χ1n) is 29.0. The van der Waals surface area contributed by atoms with E-state index in [2.05, 4.69) is 4.74 Å². The van der Waals surface area contributed by atoms with Gasteiger partial charge in [-0.3, -0.25) is 9.59 Å². The number of thioether (sulfide) groups is 1. The molecule has 4 aromatic carbocycles. The number of halogens is 5. The van der Waals surface area contributed by atoms with Crippen molar-refractivity contribution in [2.24, 2.45) is 0 Å². The van der Waals surface area contributed by atoms with E-state index in [9.17, 15) is 23.4 Å². The van der Waals surface area contributed by atoms with E-state index in [-0.39, 0.29) is 9.47 Å². The maximum Gasteiger partial charge on any atom is 0.416 e. The largest absolute Gasteiger partial charge is 0.416 e. The lowest BCUT2D eigenvalue weighted by Gasteiger charge is -2.39. The van der Waals surface area contributed by atoms with Crippen LogP contribution in [0.25, 0.3) is 22.0 Å². The number of likely N-dealkylation sites (tertiary alicyclic amines) is 1. The lowest BCUT2D eigenvalue weighted by Crippen LogP contribution is -2.48. The van der Waals surface area contributed by atoms with Gasteiger partial charge in [0, 0.05) is 67.3 Å². The Bertz CT molecular complexity index is 3450. The number of benzene rings is 4. The molecule has 278 valence electrons. The lowest BCUT2D eigenvalue weighted by atomic mass is 9.98. The Labute approximate surface area is 348 Å². The van der Waals surface area contributed by atoms with Gasteiger partial charge in [0.05, 0.1) is 55.6 Å². The molecule has 0 spiro atoms. The van der Waals surface area contributed by atoms with Gasteiger partial charge in [0.25, 0.3) is 0 Å². The number of carbonyl (C=O) groups is 1. The first-order valence-corrected chi connectivity index (χ1v) is 15.8. The van der Waals surface area contributed by atoms with Crippen LogP contribution in [0.15, 0.2) is 100 Å². The van der Waals surface area contributed by atoms with Crippen molar-refractivity contribution in [2.45, 2.75) is 55.7 Å². The molecule has 53 heavy (non-hydrogen) atoms. The lowest BCUT2D eigenvalue weighted by molar-refractivity contribution is -0.138. The highest BCUT2D eigenvalue weighted by atomic mass is 32.2. The highest BCUT2D eigenvalue weighted by molar-refractivity contribution is 7.98. The molecule has 12 heteroatoms. The summed E-state index contributed by atoms with van der Waals surface area (Å²) in [4.78, 5) is 30.2. The van der Waals surface area contributed by atoms with Crippen LogP contribution in [0.3, 0.4) is 0 Å². The fourth-order valence-corrected chi connectivity index (χ4v) is 5.68. The van der Waals surface area contributed by atoms with Gasteiger partial charge in [0.1, 0.15) is 6.50 Å². The van der Waals surface area contributed by atoms with Crippen molar-refractivity contribution in [3.05, 3.63) is 135 Å². The SMILES string of the molecule is [2H]c1c([2H])c(F)c(F)c(C([2H])([2H])Sc2c([2H])c(=O)c3c([2H])c([2H])c([2H])c([2H])c3n2C([2H])([2H])C(=O)N(C2CCN(C([2H])([2H])C([2H])([2H])OC([2H])([2H])[2H])CC2)C([2H])([2H])c2c([2H])c([2H])c(-c3c([2H])c([2H])c(C(F)(F)F)c(C)c3[2H])c([2H])c2[2H])c1[2H]. The second-order valence-electron chi connectivity index (χ2n) is 10.8. The van der Waals surface area contributed by atoms with Gasteiger partial charge in [-0.25, -0.2) is 8.78 Å². The maximum absolute atomic E-state index is 15.7. The molecule has 1 aliphatic heterocycles. The van der Waals surface area contributed by atoms with Gasteiger partial charge in [-0.2, -0.15) is 13.2 Å². The molecule has 0 saturated carbocycles. The summed E-state index contributed by atoms with van der Waals surface area (Å²) in [6.45, 7) is -16.7. The molecule has 1 saturated heterocycles. The molecule has 6 rings (SSSR count). The molecule has 1 aromatic heterocycles. The van der Waals surface area contributed by atoms with Crippen molar-refractivity contribution in [1.82, 2.24) is 14.4 Å². The third kappa shape index (κ3) is 9.00. The summed E-state index contributed by atoms with van der Waals surface area (Å²) >= 11 is -0.695. The van der Waals surface area contributed by atoms with Crippen LogP contribution in [-0.2, 0) is 34.4 Å². The van der Waals surface area contributed by atoms with Crippen LogP contribution in [0.4, 0.5) is 22.0 Å². The number of hydrogen-bond acceptors (Lipinski definition) is 5. The third-order valence-corrected chi connectivity index (χ3v) is 8.25. The number of carbonyl (C=O) groups excluding carboxylic acids is 1. The zero-order valence-corrected chi connectivity index (χ0v) is 27.6. The summed E-state index contributed by atoms with van der Waals surface area (Å²) in [5.74, 6) is -6.89. The van der Waals surface area contributed by atoms with Crippen LogP contribution in [0.2, 0.25) is 0 Å². The normalized spacial score (nSPS) is 23.4. The van der Waals surface area contributed by atoms with E-state index in [1.54, 1.807) is 0 Å². The summed E-state index contributed by atoms with van der Waals surface area (Å²) < 4.78 is 317. The van der Waals surface area contributed by atoms with E-state index < -0.39 is 252 Å². The highest BCUT2D eigenvalue weighted by Crippen LogP contribution is 2.34. The molecule has 6 nitrogen and oxygen atoms in total. The number of pyridine rings is 1. The number of hydrogen-bond donors (Lipinski definition) is 0. The van der Waals surface area contributed by atoms with Gasteiger partial charge in [0.2, 0.25) is 5.91 Å². The Morgan fingerprint density at radius 2 is 1.74 bits per heavy atom. The molecule has 1 amide bonds. The van der Waals surface area contributed by atoms with E-state index in [1.807, 2.05) is 0 Å². The Morgan fingerprint density at radius 1 is 1.00 bits per heavy atom. The minimum atomic E-state index is -5.34. The third-order valence-electron chi connectivity index (χ3n) is 7.47. The summed E-state index contributed by atoms with van der Waals surface area (Å²) in [6, 6.07) is -23.8. The molecule has 0 unspecified atom stereocenters. The molecular formula is C41H40F5N3O3S. The second kappa shape index (κ2) is 16.7. The van der Waals surface area contributed by atoms with Gasteiger partial charge >= 0.3 is 6.18 Å². The first-order chi connectivity index (χ1) is 36.6. The van der Waals surface area contributed by atoms with Crippen molar-refractivity contribution in [2.75, 3.05) is 33.2 Å². The van der Waals surface area contributed by atoms with Crippen LogP contribution in [0.5, 0.6) is 0 Å². The van der Waals surface area contributed by atoms with Crippen molar-refractivity contribution in [1.29, 1.82) is 0 Å². The van der Waals surface area contributed by atoms with Crippen LogP contribution in [0.1, 0.15) is 73.5 Å². The molecule has 1 aliphatic rings. The summed E-state index contributed by atoms with van der Waals surface area (Å²) in [6.07, 6.45) is -7.11. The van der Waals surface area contributed by atoms with Crippen molar-refractivity contribution < 1.29 is 69.9 Å². The molecule has 0 radical (unpaired) electrons. The molecule has 5 aromatic rings. The van der Waals surface area contributed by atoms with E-state index >= 15 is 13.6 Å². The van der Waals surface area contributed by atoms with Gasteiger partial charge in [0.15, 0.2) is 17.1 Å². The quantitative estimate of drug-likeness (QED) is 0.0938. The standard InChI is InChI=1S/C41H40F5N3O3S/c1-27-22-30(14-15-34(27)41(44,45)46)29-12-10-28(11-13-29)24-48(32-16-18-47(19-17-32)20-21-52-2)38(51)25-49-36-9-4-3-7-33(36)37(50)23-39(49)53-26-31-6-5-8-35(42)40(31)43/h3-15,22-23,32H,16-21,24-26H2,1-2H3/i2D3,3D,4D,5D,6D,7D,8D,9D,10D,11D,12D,13D,14D,15D,20D2,21D2,22D,23D,24D2,25D2,26D2. The minimum absolute atomic E-state index is 0.161. The van der Waals surface area contributed by atoms with Crippen LogP contribution >= 0.6 is 11.8 Å². The molecule has 0 aliphatic carbocycles. The molecule has 1 fully saturated rings. The van der Waals surface area contributed by atoms with Gasteiger partial charge < -0.3 is 19.1 Å². The predicted octanol–water partition coefficient (Wildman–Crippen LogP) is 8.71. The van der Waals surface area contributed by atoms with Gasteiger partial charge in [-0.1, -0.05) is 60.4 Å². The molecule has 0 bridgehead atoms. The summed E-state index contributed by atoms with van der Waals surface area (Å²) in [5, 5.41) is -2.89. The summed E-state index contributed by atoms with van der Waals surface area (Å²) in [7, 11) is -3.56. The first kappa shape index (κ1) is 16.5. The van der Waals surface area contributed by atoms with Gasteiger partial charge in [-0.05, 0) is 66.2 Å². The second-order valence-corrected chi connectivity index (χ2v) is 11.6. The molecular weight excluding hydrogens is 710 g/mol. The number of alkyl halides is 3. The Balaban J connectivity index is 1.70. The Kier molecular flexibility index (Phi) is 5.17. The number of piperidine rings is 1. The number of nitrogens with zero attached hydrogens (tertiary/aromatic N) is 3. The zero-order valence-electron chi connectivity index (χ0n) is 54.8. The van der Waals surface area contributed by atoms with Crippen molar-refractivity contribution in [3.63, 3.8) is 0 Å². The minimum Gasteiger partial charge on any atom is -0.383 e. The van der Waals surface area contributed by atoms with Gasteiger partial charge in [-0.15, -0.1) is 11.8 Å². The van der Waals surface area contributed by atoms with E-state index in [4.69, 9.17) is 32.9 Å². The number of methoxy groups -OCH3 is 1. The fourth-order valence-electron chi connectivity index (χ4n) is 4.97. The average molecular weight is 778 g/mol. The summed E-state index contributed by atoms with van der Waals surface area (Å²) in [5.41, 5.74) is -15.4. The number of amides is 1. The van der Waals surface area contributed by atoms with Crippen molar-refractivity contribution in [3.8, 4) is 11.1 Å². The van der Waals surface area contributed by atoms with E-state index in [0.717, 1.165) is 0 Å². The molecule has 0 atom stereocenters. The smallest absolute Gasteiger partial charge is 0.383 e. The van der Waals surface area contributed by atoms with Crippen LogP contribution < -0.4 is 5.43 Å². The Hall–Kier alpha value is -4.52. The molecule has 0 N–H and O–H groups in total. The van der Waals surface area contributed by atoms with E-state index in [0.29, 0.717) is 11.8 Å². The van der Waals surface area contributed by atoms with Crippen LogP contribution in [-0.4, -0.2) is 59.5 Å².